The summed E-state index contributed by atoms with van der Waals surface area (Å²) in [7, 11) is 0. The van der Waals surface area contributed by atoms with Crippen LogP contribution in [0.1, 0.15) is 57.4 Å². The zero-order valence-corrected chi connectivity index (χ0v) is 18.5. The normalized spacial score (nSPS) is 11.5. The molecule has 6 nitrogen and oxygen atoms in total. The first kappa shape index (κ1) is 22.1. The van der Waals surface area contributed by atoms with Crippen LogP contribution in [0.4, 0.5) is 0 Å². The summed E-state index contributed by atoms with van der Waals surface area (Å²) < 4.78 is 13.5. The summed E-state index contributed by atoms with van der Waals surface area (Å²) in [6, 6.07) is 3.61. The van der Waals surface area contributed by atoms with Gasteiger partial charge in [-0.3, -0.25) is 14.3 Å². The summed E-state index contributed by atoms with van der Waals surface area (Å²) in [5.74, 6) is 0.0614. The number of hydrogen-bond acceptors (Lipinski definition) is 5. The van der Waals surface area contributed by atoms with Crippen LogP contribution in [0.15, 0.2) is 29.3 Å². The molecule has 0 aliphatic rings. The van der Waals surface area contributed by atoms with Crippen molar-refractivity contribution in [2.24, 2.45) is 0 Å². The van der Waals surface area contributed by atoms with Crippen molar-refractivity contribution in [3.8, 4) is 5.75 Å². The second kappa shape index (κ2) is 9.37. The molecular formula is C21H27BrN2O4. The maximum absolute atomic E-state index is 12.3. The maximum atomic E-state index is 12.3. The van der Waals surface area contributed by atoms with Gasteiger partial charge in [0.1, 0.15) is 23.6 Å². The number of Topliss-reactive ketones (excluding diaryl/α,β-unsaturated/α-hetero) is 1. The van der Waals surface area contributed by atoms with Crippen LogP contribution in [0.5, 0.6) is 5.75 Å². The van der Waals surface area contributed by atoms with Gasteiger partial charge >= 0.3 is 5.97 Å². The van der Waals surface area contributed by atoms with E-state index in [2.05, 4.69) is 27.6 Å². The van der Waals surface area contributed by atoms with Crippen molar-refractivity contribution in [1.29, 1.82) is 0 Å². The van der Waals surface area contributed by atoms with E-state index in [1.165, 1.54) is 11.6 Å². The first-order valence-electron chi connectivity index (χ1n) is 9.29. The van der Waals surface area contributed by atoms with E-state index in [0.29, 0.717) is 29.0 Å². The van der Waals surface area contributed by atoms with Crippen molar-refractivity contribution in [2.45, 2.75) is 59.1 Å². The van der Waals surface area contributed by atoms with Gasteiger partial charge in [0.2, 0.25) is 0 Å². The number of benzene rings is 1. The number of carbonyl (C=O) groups is 2. The number of aromatic nitrogens is 2. The first-order chi connectivity index (χ1) is 13.1. The number of fused-ring (bicyclic) bond motifs is 1. The van der Waals surface area contributed by atoms with Crippen LogP contribution in [0.2, 0.25) is 0 Å². The highest BCUT2D eigenvalue weighted by Crippen LogP contribution is 2.32. The largest absolute Gasteiger partial charge is 0.492 e. The summed E-state index contributed by atoms with van der Waals surface area (Å²) in [5, 5.41) is 5.01. The lowest BCUT2D eigenvalue weighted by molar-refractivity contribution is -0.155. The molecule has 0 unspecified atom stereocenters. The Morgan fingerprint density at radius 3 is 2.61 bits per heavy atom. The Morgan fingerprint density at radius 1 is 1.29 bits per heavy atom. The Kier molecular flexibility index (Phi) is 7.41. The molecule has 0 aliphatic carbocycles. The first-order valence-corrected chi connectivity index (χ1v) is 10.1. The van der Waals surface area contributed by atoms with E-state index >= 15 is 0 Å². The molecule has 0 amide bonds. The fraction of sp³-hybridized carbons (Fsp3) is 0.476. The van der Waals surface area contributed by atoms with Crippen LogP contribution in [0.25, 0.3) is 10.9 Å². The minimum absolute atomic E-state index is 0.0819. The molecule has 0 aliphatic heterocycles. The lowest BCUT2D eigenvalue weighted by atomic mass is 10.1. The van der Waals surface area contributed by atoms with Crippen LogP contribution < -0.4 is 4.74 Å². The number of unbranched alkanes of at least 4 members (excludes halogenated alkanes) is 2. The van der Waals surface area contributed by atoms with Crippen LogP contribution >= 0.6 is 15.9 Å². The molecule has 1 aromatic heterocycles. The third-order valence-corrected chi connectivity index (χ3v) is 4.52. The number of nitrogens with zero attached hydrogens (tertiary/aromatic N) is 2. The van der Waals surface area contributed by atoms with E-state index in [-0.39, 0.29) is 12.3 Å². The molecule has 2 aromatic rings. The van der Waals surface area contributed by atoms with Crippen molar-refractivity contribution in [3.05, 3.63) is 35.0 Å². The molecule has 2 rings (SSSR count). The molecule has 0 spiro atoms. The van der Waals surface area contributed by atoms with Gasteiger partial charge in [0.25, 0.3) is 0 Å². The highest BCUT2D eigenvalue weighted by molar-refractivity contribution is 9.10. The van der Waals surface area contributed by atoms with Crippen molar-refractivity contribution in [3.63, 3.8) is 0 Å². The molecule has 1 heterocycles. The third-order valence-electron chi connectivity index (χ3n) is 3.90. The third kappa shape index (κ3) is 5.92. The van der Waals surface area contributed by atoms with E-state index in [4.69, 9.17) is 9.47 Å². The molecule has 0 bridgehead atoms. The van der Waals surface area contributed by atoms with E-state index in [1.54, 1.807) is 6.07 Å². The lowest BCUT2D eigenvalue weighted by Gasteiger charge is -2.19. The lowest BCUT2D eigenvalue weighted by Crippen LogP contribution is -2.26. The summed E-state index contributed by atoms with van der Waals surface area (Å²) in [6.45, 7) is 11.1. The SMILES string of the molecule is C=CCCCCOc1cc2c(cc1Br)c(C(C)=O)nn2CC(=O)OC(C)(C)C. The van der Waals surface area contributed by atoms with Crippen LogP contribution in [0.3, 0.4) is 0 Å². The van der Waals surface area contributed by atoms with Gasteiger partial charge in [-0.1, -0.05) is 6.08 Å². The van der Waals surface area contributed by atoms with Gasteiger partial charge in [0.15, 0.2) is 5.78 Å². The molecule has 0 radical (unpaired) electrons. The van der Waals surface area contributed by atoms with Gasteiger partial charge in [-0.05, 0) is 62.0 Å². The summed E-state index contributed by atoms with van der Waals surface area (Å²) in [6.07, 6.45) is 4.76. The predicted octanol–water partition coefficient (Wildman–Crippen LogP) is 5.08. The van der Waals surface area contributed by atoms with Crippen molar-refractivity contribution < 1.29 is 19.1 Å². The summed E-state index contributed by atoms with van der Waals surface area (Å²) in [4.78, 5) is 24.3. The van der Waals surface area contributed by atoms with Gasteiger partial charge in [0, 0.05) is 18.4 Å². The molecule has 0 saturated carbocycles. The van der Waals surface area contributed by atoms with E-state index in [1.807, 2.05) is 32.9 Å². The summed E-state index contributed by atoms with van der Waals surface area (Å²) in [5.41, 5.74) is 0.378. The number of esters is 1. The second-order valence-corrected chi connectivity index (χ2v) is 8.44. The Hall–Kier alpha value is -2.15. The van der Waals surface area contributed by atoms with Crippen LogP contribution in [0, 0.1) is 0 Å². The average Bonchev–Trinajstić information content (AvgIpc) is 2.90. The molecule has 0 atom stereocenters. The molecule has 0 saturated heterocycles. The number of carbonyl (C=O) groups excluding carboxylic acids is 2. The Bertz CT molecular complexity index is 881. The van der Waals surface area contributed by atoms with Crippen molar-refractivity contribution in [2.75, 3.05) is 6.61 Å². The molecule has 1 aromatic carbocycles. The van der Waals surface area contributed by atoms with E-state index < -0.39 is 11.6 Å². The molecular weight excluding hydrogens is 424 g/mol. The molecule has 0 N–H and O–H groups in total. The van der Waals surface area contributed by atoms with Gasteiger partial charge in [0.05, 0.1) is 16.6 Å². The smallest absolute Gasteiger partial charge is 0.328 e. The number of hydrogen-bond donors (Lipinski definition) is 0. The van der Waals surface area contributed by atoms with Crippen molar-refractivity contribution >= 4 is 38.6 Å². The monoisotopic (exact) mass is 450 g/mol. The average molecular weight is 451 g/mol. The molecule has 28 heavy (non-hydrogen) atoms. The number of rotatable bonds is 9. The Balaban J connectivity index is 2.32. The Morgan fingerprint density at radius 2 is 2.00 bits per heavy atom. The standard InChI is InChI=1S/C21H27BrN2O4/c1-6-7-8-9-10-27-18-12-17-15(11-16(18)22)20(14(2)25)23-24(17)13-19(26)28-21(3,4)5/h6,11-12H,1,7-10,13H2,2-5H3. The zero-order valence-electron chi connectivity index (χ0n) is 16.9. The van der Waals surface area contributed by atoms with Crippen LogP contribution in [-0.4, -0.2) is 33.7 Å². The number of allylic oxidation sites excluding steroid dienone is 1. The highest BCUT2D eigenvalue weighted by Gasteiger charge is 2.21. The molecule has 0 fully saturated rings. The fourth-order valence-electron chi connectivity index (χ4n) is 2.73. The highest BCUT2D eigenvalue weighted by atomic mass is 79.9. The minimum Gasteiger partial charge on any atom is -0.492 e. The maximum Gasteiger partial charge on any atom is 0.328 e. The number of ketones is 1. The quantitative estimate of drug-likeness (QED) is 0.230. The summed E-state index contributed by atoms with van der Waals surface area (Å²) >= 11 is 3.50. The number of ether oxygens (including phenoxy) is 2. The van der Waals surface area contributed by atoms with E-state index in [9.17, 15) is 9.59 Å². The molecule has 152 valence electrons. The van der Waals surface area contributed by atoms with Gasteiger partial charge in [-0.15, -0.1) is 6.58 Å². The topological polar surface area (TPSA) is 70.4 Å². The Labute approximate surface area is 174 Å². The second-order valence-electron chi connectivity index (χ2n) is 7.58. The van der Waals surface area contributed by atoms with Gasteiger partial charge in [-0.2, -0.15) is 5.10 Å². The predicted molar refractivity (Wildman–Crippen MR) is 113 cm³/mol. The fourth-order valence-corrected chi connectivity index (χ4v) is 3.19. The van der Waals surface area contributed by atoms with E-state index in [0.717, 1.165) is 23.7 Å². The minimum atomic E-state index is -0.591. The number of halogens is 1. The van der Waals surface area contributed by atoms with Gasteiger partial charge in [-0.25, -0.2) is 0 Å². The van der Waals surface area contributed by atoms with Gasteiger partial charge < -0.3 is 9.47 Å². The molecule has 7 heteroatoms. The van der Waals surface area contributed by atoms with Crippen LogP contribution in [-0.2, 0) is 16.1 Å². The zero-order chi connectivity index (χ0) is 20.9. The van der Waals surface area contributed by atoms with Crippen molar-refractivity contribution in [1.82, 2.24) is 9.78 Å².